The molecular formula is C29H28FN3O. The van der Waals surface area contributed by atoms with E-state index in [1.165, 1.54) is 23.3 Å². The van der Waals surface area contributed by atoms with Crippen molar-refractivity contribution in [2.24, 2.45) is 5.92 Å². The van der Waals surface area contributed by atoms with Gasteiger partial charge in [0.1, 0.15) is 11.6 Å². The molecule has 0 bridgehead atoms. The van der Waals surface area contributed by atoms with Crippen molar-refractivity contribution < 1.29 is 9.18 Å². The highest BCUT2D eigenvalue weighted by atomic mass is 19.1. The molecule has 1 aliphatic carbocycles. The summed E-state index contributed by atoms with van der Waals surface area (Å²) in [5.41, 5.74) is 8.39. The first-order chi connectivity index (χ1) is 16.5. The first-order valence-electron chi connectivity index (χ1n) is 12.1. The summed E-state index contributed by atoms with van der Waals surface area (Å²) < 4.78 is 15.2. The fourth-order valence-electron chi connectivity index (χ4n) is 5.31. The van der Waals surface area contributed by atoms with Gasteiger partial charge in [0.25, 0.3) is 0 Å². The lowest BCUT2D eigenvalue weighted by Crippen LogP contribution is -2.15. The summed E-state index contributed by atoms with van der Waals surface area (Å²) in [6.45, 7) is 6.29. The molecule has 2 aliphatic rings. The standard InChI is InChI=1S/C29H28FN3O/c1-17-15-25(23-13-14-31-16-23)18(2)26-27(17)33(29(34)22-7-8-22)28(32-26)21-5-3-19(4-6-21)20-9-11-24(30)12-10-20/h3-6,9-12,15,22-23,31H,7-8,13-14,16H2,1-2H3. The van der Waals surface area contributed by atoms with Gasteiger partial charge >= 0.3 is 0 Å². The second-order valence-electron chi connectivity index (χ2n) is 9.76. The van der Waals surface area contributed by atoms with Crippen LogP contribution in [-0.4, -0.2) is 28.5 Å². The molecule has 1 unspecified atom stereocenters. The van der Waals surface area contributed by atoms with Gasteiger partial charge in [-0.3, -0.25) is 9.36 Å². The molecule has 0 spiro atoms. The first-order valence-corrected chi connectivity index (χ1v) is 12.1. The van der Waals surface area contributed by atoms with Crippen molar-refractivity contribution in [1.82, 2.24) is 14.9 Å². The Morgan fingerprint density at radius 2 is 1.62 bits per heavy atom. The number of hydrogen-bond donors (Lipinski definition) is 1. The Hall–Kier alpha value is -3.31. The molecule has 1 aromatic heterocycles. The number of aromatic nitrogens is 2. The van der Waals surface area contributed by atoms with Gasteiger partial charge in [0.05, 0.1) is 11.0 Å². The molecule has 2 heterocycles. The predicted octanol–water partition coefficient (Wildman–Crippen LogP) is 6.25. The zero-order valence-corrected chi connectivity index (χ0v) is 19.6. The number of halogens is 1. The van der Waals surface area contributed by atoms with Gasteiger partial charge in [0.2, 0.25) is 5.91 Å². The molecule has 4 aromatic rings. The molecular weight excluding hydrogens is 425 g/mol. The molecule has 2 fully saturated rings. The second kappa shape index (κ2) is 8.17. The van der Waals surface area contributed by atoms with Crippen LogP contribution >= 0.6 is 0 Å². The summed E-state index contributed by atoms with van der Waals surface area (Å²) in [7, 11) is 0. The Labute approximate surface area is 198 Å². The molecule has 172 valence electrons. The number of carbonyl (C=O) groups is 1. The topological polar surface area (TPSA) is 46.9 Å². The van der Waals surface area contributed by atoms with Gasteiger partial charge in [0.15, 0.2) is 0 Å². The maximum Gasteiger partial charge on any atom is 0.235 e. The van der Waals surface area contributed by atoms with Crippen molar-refractivity contribution in [2.45, 2.75) is 39.0 Å². The Balaban J connectivity index is 1.50. The van der Waals surface area contributed by atoms with E-state index >= 15 is 0 Å². The smallest absolute Gasteiger partial charge is 0.235 e. The number of nitrogens with one attached hydrogen (secondary N) is 1. The monoisotopic (exact) mass is 453 g/mol. The van der Waals surface area contributed by atoms with Crippen LogP contribution in [0.4, 0.5) is 4.39 Å². The number of aryl methyl sites for hydroxylation is 2. The minimum Gasteiger partial charge on any atom is -0.316 e. The van der Waals surface area contributed by atoms with Crippen LogP contribution in [0.5, 0.6) is 0 Å². The van der Waals surface area contributed by atoms with E-state index in [1.807, 2.05) is 28.8 Å². The Kier molecular flexibility index (Phi) is 5.10. The number of hydrogen-bond acceptors (Lipinski definition) is 3. The molecule has 0 amide bonds. The lowest BCUT2D eigenvalue weighted by molar-refractivity contribution is 0.0893. The normalized spacial score (nSPS) is 18.0. The fraction of sp³-hybridized carbons (Fsp3) is 0.310. The van der Waals surface area contributed by atoms with Crippen molar-refractivity contribution in [2.75, 3.05) is 13.1 Å². The van der Waals surface area contributed by atoms with Gasteiger partial charge in [-0.2, -0.15) is 0 Å². The van der Waals surface area contributed by atoms with E-state index in [0.717, 1.165) is 65.6 Å². The Morgan fingerprint density at radius 1 is 0.971 bits per heavy atom. The van der Waals surface area contributed by atoms with Crippen LogP contribution in [0.15, 0.2) is 54.6 Å². The van der Waals surface area contributed by atoms with Gasteiger partial charge < -0.3 is 5.32 Å². The largest absolute Gasteiger partial charge is 0.316 e. The number of imidazole rings is 1. The van der Waals surface area contributed by atoms with Crippen LogP contribution in [0.3, 0.4) is 0 Å². The third-order valence-electron chi connectivity index (χ3n) is 7.38. The van der Waals surface area contributed by atoms with Crippen LogP contribution in [0, 0.1) is 25.6 Å². The minimum atomic E-state index is -0.244. The third-order valence-corrected chi connectivity index (χ3v) is 7.38. The van der Waals surface area contributed by atoms with E-state index in [4.69, 9.17) is 4.98 Å². The van der Waals surface area contributed by atoms with Crippen LogP contribution in [0.2, 0.25) is 0 Å². The lowest BCUT2D eigenvalue weighted by Gasteiger charge is -2.15. The zero-order valence-electron chi connectivity index (χ0n) is 19.6. The number of carbonyl (C=O) groups excluding carboxylic acids is 1. The van der Waals surface area contributed by atoms with Crippen molar-refractivity contribution >= 4 is 16.9 Å². The SMILES string of the molecule is Cc1c(C2CCNC2)cc(C)c2c1nc(-c1ccc(-c3ccc(F)cc3)cc1)n2C(=O)C1CC1. The van der Waals surface area contributed by atoms with Crippen LogP contribution in [0.1, 0.15) is 46.7 Å². The van der Waals surface area contributed by atoms with Crippen molar-refractivity contribution in [1.29, 1.82) is 0 Å². The minimum absolute atomic E-state index is 0.0908. The molecule has 1 N–H and O–H groups in total. The third kappa shape index (κ3) is 3.55. The van der Waals surface area contributed by atoms with Crippen molar-refractivity contribution in [3.05, 3.63) is 77.1 Å². The van der Waals surface area contributed by atoms with Crippen molar-refractivity contribution in [3.8, 4) is 22.5 Å². The first kappa shape index (κ1) is 21.2. The lowest BCUT2D eigenvalue weighted by atomic mass is 9.91. The summed E-state index contributed by atoms with van der Waals surface area (Å²) in [6, 6.07) is 16.8. The summed E-state index contributed by atoms with van der Waals surface area (Å²) in [5, 5.41) is 3.47. The molecule has 6 rings (SSSR count). The number of fused-ring (bicyclic) bond motifs is 1. The van der Waals surface area contributed by atoms with E-state index < -0.39 is 0 Å². The second-order valence-corrected chi connectivity index (χ2v) is 9.76. The Morgan fingerprint density at radius 3 is 2.24 bits per heavy atom. The molecule has 5 heteroatoms. The highest BCUT2D eigenvalue weighted by molar-refractivity contribution is 5.99. The van der Waals surface area contributed by atoms with Gasteiger partial charge in [-0.25, -0.2) is 9.37 Å². The molecule has 3 aromatic carbocycles. The molecule has 1 atom stereocenters. The maximum atomic E-state index is 13.5. The number of benzene rings is 3. The fourth-order valence-corrected chi connectivity index (χ4v) is 5.31. The van der Waals surface area contributed by atoms with E-state index in [9.17, 15) is 9.18 Å². The van der Waals surface area contributed by atoms with Crippen LogP contribution < -0.4 is 5.32 Å². The molecule has 4 nitrogen and oxygen atoms in total. The van der Waals surface area contributed by atoms with Gasteiger partial charge in [0, 0.05) is 18.0 Å². The highest BCUT2D eigenvalue weighted by Crippen LogP contribution is 2.39. The van der Waals surface area contributed by atoms with Gasteiger partial charge in [-0.1, -0.05) is 42.5 Å². The molecule has 34 heavy (non-hydrogen) atoms. The van der Waals surface area contributed by atoms with E-state index in [1.54, 1.807) is 12.1 Å². The highest BCUT2D eigenvalue weighted by Gasteiger charge is 2.34. The van der Waals surface area contributed by atoms with Crippen molar-refractivity contribution in [3.63, 3.8) is 0 Å². The molecule has 0 radical (unpaired) electrons. The maximum absolute atomic E-state index is 13.5. The van der Waals surface area contributed by atoms with Gasteiger partial charge in [-0.05, 0) is 85.5 Å². The average molecular weight is 454 g/mol. The summed E-state index contributed by atoms with van der Waals surface area (Å²) in [5.74, 6) is 1.20. The molecule has 1 saturated carbocycles. The molecule has 1 saturated heterocycles. The van der Waals surface area contributed by atoms with E-state index in [-0.39, 0.29) is 17.6 Å². The van der Waals surface area contributed by atoms with Crippen LogP contribution in [-0.2, 0) is 0 Å². The van der Waals surface area contributed by atoms with E-state index in [2.05, 4.69) is 25.2 Å². The summed E-state index contributed by atoms with van der Waals surface area (Å²) in [4.78, 5) is 18.6. The summed E-state index contributed by atoms with van der Waals surface area (Å²) >= 11 is 0. The average Bonchev–Trinajstić information content (AvgIpc) is 3.40. The van der Waals surface area contributed by atoms with Gasteiger partial charge in [-0.15, -0.1) is 0 Å². The van der Waals surface area contributed by atoms with Crippen LogP contribution in [0.25, 0.3) is 33.5 Å². The quantitative estimate of drug-likeness (QED) is 0.397. The zero-order chi connectivity index (χ0) is 23.4. The Bertz CT molecular complexity index is 1390. The van der Waals surface area contributed by atoms with E-state index in [0.29, 0.717) is 11.7 Å². The number of rotatable bonds is 4. The predicted molar refractivity (Wildman–Crippen MR) is 134 cm³/mol. The summed E-state index contributed by atoms with van der Waals surface area (Å²) in [6.07, 6.45) is 3.03. The molecule has 1 aliphatic heterocycles. The number of nitrogens with zero attached hydrogens (tertiary/aromatic N) is 2.